The molecule has 0 aliphatic rings. The van der Waals surface area contributed by atoms with Gasteiger partial charge in [-0.2, -0.15) is 0 Å². The topological polar surface area (TPSA) is 29.5 Å². The van der Waals surface area contributed by atoms with Crippen molar-refractivity contribution in [3.63, 3.8) is 0 Å². The predicted octanol–water partition coefficient (Wildman–Crippen LogP) is 12.0. The summed E-state index contributed by atoms with van der Waals surface area (Å²) in [6.07, 6.45) is 32.7. The number of esters is 1. The number of allylic oxidation sites excluding steroid dienone is 2. The van der Waals surface area contributed by atoms with Crippen LogP contribution in [0.5, 0.6) is 0 Å². The molecule has 0 rings (SSSR count). The van der Waals surface area contributed by atoms with Gasteiger partial charge in [0.05, 0.1) is 13.2 Å². The van der Waals surface area contributed by atoms with Crippen LogP contribution in [0.25, 0.3) is 0 Å². The molecule has 0 aromatic carbocycles. The monoisotopic (exact) mass is 629 g/mol. The number of carbonyl (C=O) groups is 1. The second-order valence-electron chi connectivity index (χ2n) is 12.6. The Kier molecular flexibility index (Phi) is 34.6. The molecule has 0 aromatic rings. The lowest BCUT2D eigenvalue weighted by Gasteiger charge is -2.21. The van der Waals surface area contributed by atoms with Gasteiger partial charge >= 0.3 is 5.97 Å². The van der Waals surface area contributed by atoms with Crippen molar-refractivity contribution < 1.29 is 9.53 Å². The van der Waals surface area contributed by atoms with Gasteiger partial charge in [0.15, 0.2) is 0 Å². The first-order valence-electron chi connectivity index (χ1n) is 17.5. The van der Waals surface area contributed by atoms with Crippen molar-refractivity contribution in [3.8, 4) is 0 Å². The molecule has 0 bridgehead atoms. The van der Waals surface area contributed by atoms with Gasteiger partial charge in [0.2, 0.25) is 0 Å². The van der Waals surface area contributed by atoms with Crippen LogP contribution < -0.4 is 0 Å². The summed E-state index contributed by atoms with van der Waals surface area (Å²) in [5.41, 5.74) is 1.39. The minimum Gasteiger partial charge on any atom is -0.465 e. The second kappa shape index (κ2) is 33.2. The number of halogens is 1. The molecule has 1 unspecified atom stereocenters. The van der Waals surface area contributed by atoms with Crippen LogP contribution in [-0.2, 0) is 9.53 Å². The Morgan fingerprint density at radius 2 is 1.05 bits per heavy atom. The third kappa shape index (κ3) is 32.2. The summed E-state index contributed by atoms with van der Waals surface area (Å²) >= 11 is 0. The maximum atomic E-state index is 12.6. The number of hydrogen-bond acceptors (Lipinski definition) is 3. The van der Waals surface area contributed by atoms with E-state index >= 15 is 0 Å². The summed E-state index contributed by atoms with van der Waals surface area (Å²) in [6.45, 7) is 14.3. The van der Waals surface area contributed by atoms with Gasteiger partial charge < -0.3 is 4.74 Å². The van der Waals surface area contributed by atoms with Gasteiger partial charge in [-0.15, -0.1) is 17.0 Å². The molecule has 0 aliphatic carbocycles. The molecule has 0 N–H and O–H groups in total. The van der Waals surface area contributed by atoms with E-state index in [1.165, 1.54) is 140 Å². The summed E-state index contributed by atoms with van der Waals surface area (Å²) in [6, 6.07) is 0. The Labute approximate surface area is 262 Å². The minimum absolute atomic E-state index is 0. The lowest BCUT2D eigenvalue weighted by atomic mass is 10.0. The molecule has 0 saturated heterocycles. The van der Waals surface area contributed by atoms with Crippen molar-refractivity contribution in [2.24, 2.45) is 5.92 Å². The first kappa shape index (κ1) is 41.8. The Balaban J connectivity index is 0. The maximum absolute atomic E-state index is 12.6. The number of unbranched alkanes of at least 4 members (excludes halogenated alkanes) is 18. The number of nitrogens with zero attached hydrogens (tertiary/aromatic N) is 1. The zero-order chi connectivity index (χ0) is 28.8. The van der Waals surface area contributed by atoms with E-state index in [4.69, 9.17) is 4.74 Å². The summed E-state index contributed by atoms with van der Waals surface area (Å²) in [5.74, 6) is 0.577. The molecule has 4 heteroatoms. The van der Waals surface area contributed by atoms with Crippen LogP contribution in [0.4, 0.5) is 0 Å². The van der Waals surface area contributed by atoms with E-state index in [0.717, 1.165) is 25.9 Å². The summed E-state index contributed by atoms with van der Waals surface area (Å²) in [4.78, 5) is 15.0. The third-order valence-corrected chi connectivity index (χ3v) is 8.09. The van der Waals surface area contributed by atoms with Gasteiger partial charge in [0, 0.05) is 0 Å². The smallest absolute Gasteiger partial charge is 0.320 e. The predicted molar refractivity (Wildman–Crippen MR) is 184 cm³/mol. The average Bonchev–Trinajstić information content (AvgIpc) is 2.90. The molecule has 0 spiro atoms. The highest BCUT2D eigenvalue weighted by Crippen LogP contribution is 2.14. The van der Waals surface area contributed by atoms with Crippen LogP contribution in [0.1, 0.15) is 182 Å². The van der Waals surface area contributed by atoms with E-state index in [2.05, 4.69) is 45.6 Å². The van der Waals surface area contributed by atoms with Crippen molar-refractivity contribution >= 4 is 23.0 Å². The highest BCUT2D eigenvalue weighted by Gasteiger charge is 2.12. The standard InChI is InChI=1S/C36H71NO2.BrH/c1-6-8-10-12-14-16-18-20-22-24-30-37(31-25-23-21-19-17-15-13-11-9-7-2)33-36(38)39-32-29-35(5)28-26-27-34(3)4;/h27,35H,6-26,28-33H2,1-5H3;1H. The first-order chi connectivity index (χ1) is 19.0. The Bertz CT molecular complexity index is 523. The minimum atomic E-state index is -0.0225. The van der Waals surface area contributed by atoms with Crippen LogP contribution in [-0.4, -0.2) is 37.1 Å². The van der Waals surface area contributed by atoms with Crippen molar-refractivity contribution in [2.45, 2.75) is 182 Å². The molecule has 0 heterocycles. The van der Waals surface area contributed by atoms with Gasteiger partial charge in [-0.25, -0.2) is 0 Å². The van der Waals surface area contributed by atoms with E-state index in [1.54, 1.807) is 0 Å². The molecular formula is C36H72BrNO2. The van der Waals surface area contributed by atoms with Gasteiger partial charge in [0.1, 0.15) is 0 Å². The van der Waals surface area contributed by atoms with E-state index < -0.39 is 0 Å². The molecule has 40 heavy (non-hydrogen) atoms. The lowest BCUT2D eigenvalue weighted by molar-refractivity contribution is -0.145. The van der Waals surface area contributed by atoms with E-state index in [0.29, 0.717) is 19.1 Å². The van der Waals surface area contributed by atoms with Crippen LogP contribution in [0.2, 0.25) is 0 Å². The summed E-state index contributed by atoms with van der Waals surface area (Å²) in [5, 5.41) is 0. The second-order valence-corrected chi connectivity index (χ2v) is 12.6. The molecule has 0 radical (unpaired) electrons. The van der Waals surface area contributed by atoms with Gasteiger partial charge in [-0.1, -0.05) is 148 Å². The number of rotatable bonds is 30. The van der Waals surface area contributed by atoms with E-state index in [-0.39, 0.29) is 23.0 Å². The summed E-state index contributed by atoms with van der Waals surface area (Å²) in [7, 11) is 0. The fourth-order valence-electron chi connectivity index (χ4n) is 5.32. The maximum Gasteiger partial charge on any atom is 0.320 e. The van der Waals surface area contributed by atoms with Gasteiger partial charge in [-0.3, -0.25) is 9.69 Å². The zero-order valence-electron chi connectivity index (χ0n) is 27.9. The third-order valence-electron chi connectivity index (χ3n) is 8.09. The molecule has 0 aliphatic heterocycles. The molecule has 3 nitrogen and oxygen atoms in total. The Hall–Kier alpha value is -0.350. The van der Waals surface area contributed by atoms with Crippen molar-refractivity contribution in [3.05, 3.63) is 11.6 Å². The van der Waals surface area contributed by atoms with E-state index in [1.807, 2.05) is 0 Å². The Morgan fingerprint density at radius 3 is 1.45 bits per heavy atom. The lowest BCUT2D eigenvalue weighted by Crippen LogP contribution is -2.33. The molecule has 0 amide bonds. The zero-order valence-corrected chi connectivity index (χ0v) is 29.6. The molecule has 1 atom stereocenters. The molecule has 0 fully saturated rings. The van der Waals surface area contributed by atoms with Crippen molar-refractivity contribution in [1.82, 2.24) is 4.90 Å². The molecule has 240 valence electrons. The average molecular weight is 631 g/mol. The van der Waals surface area contributed by atoms with Gasteiger partial charge in [-0.05, 0) is 65.0 Å². The number of carbonyl (C=O) groups excluding carboxylic acids is 1. The fourth-order valence-corrected chi connectivity index (χ4v) is 5.32. The van der Waals surface area contributed by atoms with Gasteiger partial charge in [0.25, 0.3) is 0 Å². The number of hydrogen-bond donors (Lipinski definition) is 0. The summed E-state index contributed by atoms with van der Waals surface area (Å²) < 4.78 is 5.67. The normalized spacial score (nSPS) is 11.8. The SMILES string of the molecule is Br.CCCCCCCCCCCCN(CCCCCCCCCCCC)CC(=O)OCCC(C)CCC=C(C)C. The largest absolute Gasteiger partial charge is 0.465 e. The van der Waals surface area contributed by atoms with Crippen molar-refractivity contribution in [2.75, 3.05) is 26.2 Å². The Morgan fingerprint density at radius 1 is 0.650 bits per heavy atom. The van der Waals surface area contributed by atoms with Crippen LogP contribution in [0.3, 0.4) is 0 Å². The van der Waals surface area contributed by atoms with E-state index in [9.17, 15) is 4.79 Å². The first-order valence-corrected chi connectivity index (χ1v) is 17.5. The highest BCUT2D eigenvalue weighted by molar-refractivity contribution is 8.93. The van der Waals surface area contributed by atoms with Crippen molar-refractivity contribution in [1.29, 1.82) is 0 Å². The highest BCUT2D eigenvalue weighted by atomic mass is 79.9. The quantitative estimate of drug-likeness (QED) is 0.0449. The molecular weight excluding hydrogens is 558 g/mol. The van der Waals surface area contributed by atoms with Crippen LogP contribution in [0, 0.1) is 5.92 Å². The van der Waals surface area contributed by atoms with Crippen LogP contribution in [0.15, 0.2) is 11.6 Å². The molecule has 0 aromatic heterocycles. The number of ether oxygens (including phenoxy) is 1. The fraction of sp³-hybridized carbons (Fsp3) is 0.917. The molecule has 0 saturated carbocycles. The van der Waals surface area contributed by atoms with Crippen LogP contribution >= 0.6 is 17.0 Å².